The largest absolute Gasteiger partial charge is 0.366 e. The van der Waals surface area contributed by atoms with E-state index in [4.69, 9.17) is 5.73 Å². The van der Waals surface area contributed by atoms with Crippen LogP contribution >= 0.6 is 0 Å². The summed E-state index contributed by atoms with van der Waals surface area (Å²) in [5.41, 5.74) is 6.98. The summed E-state index contributed by atoms with van der Waals surface area (Å²) in [7, 11) is 0. The molecule has 2 N–H and O–H groups in total. The number of amides is 1. The third-order valence-electron chi connectivity index (χ3n) is 3.69. The Bertz CT molecular complexity index is 370. The van der Waals surface area contributed by atoms with Crippen LogP contribution < -0.4 is 5.73 Å². The van der Waals surface area contributed by atoms with E-state index in [1.165, 1.54) is 5.57 Å². The van der Waals surface area contributed by atoms with Gasteiger partial charge in [0.1, 0.15) is 0 Å². The maximum atomic E-state index is 11.6. The SMILES string of the molecule is CC(C)(C)CC(C)(C)C(=CC(N)=O)C(C)(C)CC(C)(C)C. The predicted octanol–water partition coefficient (Wildman–Crippen LogP) is 5.32. The number of carbonyl (C=O) groups excluding carboxylic acids is 1. The van der Waals surface area contributed by atoms with Gasteiger partial charge in [-0.2, -0.15) is 0 Å². The molecule has 0 unspecified atom stereocenters. The van der Waals surface area contributed by atoms with E-state index in [2.05, 4.69) is 69.2 Å². The van der Waals surface area contributed by atoms with E-state index in [0.717, 1.165) is 12.8 Å². The molecule has 0 spiro atoms. The fourth-order valence-electron chi connectivity index (χ4n) is 4.29. The number of hydrogen-bond acceptors (Lipinski definition) is 1. The highest BCUT2D eigenvalue weighted by atomic mass is 16.1. The lowest BCUT2D eigenvalue weighted by atomic mass is 9.61. The maximum Gasteiger partial charge on any atom is 0.241 e. The van der Waals surface area contributed by atoms with Crippen molar-refractivity contribution in [3.63, 3.8) is 0 Å². The summed E-state index contributed by atoms with van der Waals surface area (Å²) >= 11 is 0. The summed E-state index contributed by atoms with van der Waals surface area (Å²) in [6.45, 7) is 22.4. The highest BCUT2D eigenvalue weighted by molar-refractivity contribution is 5.87. The van der Waals surface area contributed by atoms with Crippen LogP contribution in [0.3, 0.4) is 0 Å². The van der Waals surface area contributed by atoms with Crippen LogP contribution in [0.2, 0.25) is 0 Å². The fraction of sp³-hybridized carbons (Fsp3) is 0.842. The molecule has 0 aliphatic rings. The van der Waals surface area contributed by atoms with Gasteiger partial charge in [-0.15, -0.1) is 0 Å². The van der Waals surface area contributed by atoms with Crippen LogP contribution in [-0.4, -0.2) is 5.91 Å². The third kappa shape index (κ3) is 7.68. The Morgan fingerprint density at radius 3 is 1.24 bits per heavy atom. The molecule has 0 aliphatic heterocycles. The van der Waals surface area contributed by atoms with E-state index in [1.807, 2.05) is 0 Å². The van der Waals surface area contributed by atoms with Crippen molar-refractivity contribution in [1.29, 1.82) is 0 Å². The predicted molar refractivity (Wildman–Crippen MR) is 93.0 cm³/mol. The van der Waals surface area contributed by atoms with E-state index in [9.17, 15) is 4.79 Å². The summed E-state index contributed by atoms with van der Waals surface area (Å²) in [6.07, 6.45) is 3.72. The second-order valence-corrected chi connectivity index (χ2v) is 10.2. The number of primary amides is 1. The molecule has 0 bridgehead atoms. The van der Waals surface area contributed by atoms with Gasteiger partial charge in [-0.05, 0) is 34.5 Å². The minimum absolute atomic E-state index is 0.0535. The third-order valence-corrected chi connectivity index (χ3v) is 3.69. The van der Waals surface area contributed by atoms with Crippen molar-refractivity contribution >= 4 is 5.91 Å². The molecule has 0 aromatic carbocycles. The Balaban J connectivity index is 5.76. The summed E-state index contributed by atoms with van der Waals surface area (Å²) in [5.74, 6) is -0.339. The number of hydrogen-bond donors (Lipinski definition) is 1. The maximum absolute atomic E-state index is 11.6. The normalized spacial score (nSPS) is 14.0. The minimum atomic E-state index is -0.339. The molecule has 1 amide bonds. The molecule has 2 nitrogen and oxygen atoms in total. The highest BCUT2D eigenvalue weighted by Gasteiger charge is 2.39. The Morgan fingerprint density at radius 1 is 0.762 bits per heavy atom. The molecule has 0 atom stereocenters. The second kappa shape index (κ2) is 6.14. The van der Waals surface area contributed by atoms with E-state index in [1.54, 1.807) is 6.08 Å². The molecule has 0 rings (SSSR count). The van der Waals surface area contributed by atoms with Gasteiger partial charge in [0.2, 0.25) is 5.91 Å². The molecule has 0 aliphatic carbocycles. The van der Waals surface area contributed by atoms with Gasteiger partial charge < -0.3 is 5.73 Å². The van der Waals surface area contributed by atoms with Crippen molar-refractivity contribution in [3.8, 4) is 0 Å². The lowest BCUT2D eigenvalue weighted by molar-refractivity contribution is -0.113. The van der Waals surface area contributed by atoms with Crippen molar-refractivity contribution in [2.45, 2.75) is 82.1 Å². The molecule has 0 saturated heterocycles. The lowest BCUT2D eigenvalue weighted by Gasteiger charge is -2.44. The molecule has 2 heteroatoms. The molecule has 124 valence electrons. The van der Waals surface area contributed by atoms with E-state index in [0.29, 0.717) is 0 Å². The molecule has 0 saturated carbocycles. The molecular formula is C19H37NO. The molecule has 0 heterocycles. The molecule has 0 aromatic rings. The van der Waals surface area contributed by atoms with Gasteiger partial charge in [0, 0.05) is 6.08 Å². The molecule has 0 aromatic heterocycles. The average molecular weight is 296 g/mol. The average Bonchev–Trinajstić information content (AvgIpc) is 2.04. The Morgan fingerprint density at radius 2 is 1.05 bits per heavy atom. The summed E-state index contributed by atoms with van der Waals surface area (Å²) in [5, 5.41) is 0. The quantitative estimate of drug-likeness (QED) is 0.685. The fourth-order valence-corrected chi connectivity index (χ4v) is 4.29. The van der Waals surface area contributed by atoms with Crippen LogP contribution in [0.15, 0.2) is 11.6 Å². The van der Waals surface area contributed by atoms with Gasteiger partial charge in [-0.3, -0.25) is 4.79 Å². The van der Waals surface area contributed by atoms with Gasteiger partial charge in [0.25, 0.3) is 0 Å². The molecule has 0 radical (unpaired) electrons. The van der Waals surface area contributed by atoms with Crippen LogP contribution in [0.25, 0.3) is 0 Å². The van der Waals surface area contributed by atoms with E-state index < -0.39 is 0 Å². The van der Waals surface area contributed by atoms with Gasteiger partial charge in [0.15, 0.2) is 0 Å². The van der Waals surface area contributed by atoms with Gasteiger partial charge >= 0.3 is 0 Å². The summed E-state index contributed by atoms with van der Waals surface area (Å²) in [6, 6.07) is 0. The first-order valence-electron chi connectivity index (χ1n) is 7.98. The zero-order valence-corrected chi connectivity index (χ0v) is 16.0. The Kier molecular flexibility index (Phi) is 5.91. The molecule has 0 fully saturated rings. The molecule has 21 heavy (non-hydrogen) atoms. The number of rotatable bonds is 5. The summed E-state index contributed by atoms with van der Waals surface area (Å²) in [4.78, 5) is 11.6. The number of allylic oxidation sites excluding steroid dienone is 1. The van der Waals surface area contributed by atoms with Crippen molar-refractivity contribution in [2.24, 2.45) is 27.4 Å². The van der Waals surface area contributed by atoms with E-state index in [-0.39, 0.29) is 27.6 Å². The van der Waals surface area contributed by atoms with Gasteiger partial charge in [0.05, 0.1) is 0 Å². The topological polar surface area (TPSA) is 43.1 Å². The van der Waals surface area contributed by atoms with E-state index >= 15 is 0 Å². The van der Waals surface area contributed by atoms with Crippen LogP contribution in [-0.2, 0) is 4.79 Å². The van der Waals surface area contributed by atoms with Crippen LogP contribution in [0, 0.1) is 21.7 Å². The number of nitrogens with two attached hydrogens (primary N) is 1. The monoisotopic (exact) mass is 295 g/mol. The lowest BCUT2D eigenvalue weighted by Crippen LogP contribution is -2.34. The Hall–Kier alpha value is -0.790. The first-order chi connectivity index (χ1) is 8.96. The highest BCUT2D eigenvalue weighted by Crippen LogP contribution is 2.50. The van der Waals surface area contributed by atoms with Gasteiger partial charge in [-0.1, -0.05) is 74.8 Å². The van der Waals surface area contributed by atoms with Crippen molar-refractivity contribution in [3.05, 3.63) is 11.6 Å². The minimum Gasteiger partial charge on any atom is -0.366 e. The van der Waals surface area contributed by atoms with Crippen molar-refractivity contribution in [2.75, 3.05) is 0 Å². The Labute approximate surface area is 132 Å². The van der Waals surface area contributed by atoms with Crippen molar-refractivity contribution in [1.82, 2.24) is 0 Å². The number of carbonyl (C=O) groups is 1. The van der Waals surface area contributed by atoms with Gasteiger partial charge in [-0.25, -0.2) is 0 Å². The smallest absolute Gasteiger partial charge is 0.241 e. The summed E-state index contributed by atoms with van der Waals surface area (Å²) < 4.78 is 0. The first kappa shape index (κ1) is 20.2. The zero-order valence-electron chi connectivity index (χ0n) is 16.0. The second-order valence-electron chi connectivity index (χ2n) is 10.2. The van der Waals surface area contributed by atoms with Crippen LogP contribution in [0.1, 0.15) is 82.1 Å². The molecular weight excluding hydrogens is 258 g/mol. The van der Waals surface area contributed by atoms with Crippen molar-refractivity contribution < 1.29 is 4.79 Å². The standard InChI is InChI=1S/C19H37NO/c1-16(2,3)12-18(7,8)14(11-15(20)21)19(9,10)13-17(4,5)6/h11H,12-13H2,1-10H3,(H2,20,21). The van der Waals surface area contributed by atoms with Crippen LogP contribution in [0.5, 0.6) is 0 Å². The zero-order chi connectivity index (χ0) is 17.3. The van der Waals surface area contributed by atoms with Crippen LogP contribution in [0.4, 0.5) is 0 Å². The first-order valence-corrected chi connectivity index (χ1v) is 7.98.